The molecule has 0 unspecified atom stereocenters. The molecule has 1 heterocycles. The fraction of sp³-hybridized carbons (Fsp3) is 0.333. The van der Waals surface area contributed by atoms with Gasteiger partial charge in [-0.15, -0.1) is 0 Å². The molecular formula is C18H20BrNO. The fourth-order valence-corrected chi connectivity index (χ4v) is 3.63. The molecule has 0 atom stereocenters. The lowest BCUT2D eigenvalue weighted by atomic mass is 9.71. The number of aryl methyl sites for hydroxylation is 1. The van der Waals surface area contributed by atoms with E-state index in [2.05, 4.69) is 64.6 Å². The van der Waals surface area contributed by atoms with Crippen LogP contribution in [-0.2, 0) is 11.8 Å². The predicted octanol–water partition coefficient (Wildman–Crippen LogP) is 3.85. The van der Waals surface area contributed by atoms with Crippen LogP contribution in [0.3, 0.4) is 0 Å². The van der Waals surface area contributed by atoms with Gasteiger partial charge < -0.3 is 10.1 Å². The van der Waals surface area contributed by atoms with Crippen LogP contribution in [0, 0.1) is 6.92 Å². The highest BCUT2D eigenvalue weighted by molar-refractivity contribution is 9.10. The van der Waals surface area contributed by atoms with E-state index < -0.39 is 0 Å². The molecule has 1 saturated heterocycles. The van der Waals surface area contributed by atoms with E-state index in [1.54, 1.807) is 7.11 Å². The summed E-state index contributed by atoms with van der Waals surface area (Å²) >= 11 is 3.58. The molecule has 21 heavy (non-hydrogen) atoms. The van der Waals surface area contributed by atoms with Crippen LogP contribution in [0.5, 0.6) is 5.75 Å². The Balaban J connectivity index is 1.89. The molecule has 3 heteroatoms. The Kier molecular flexibility index (Phi) is 4.05. The Morgan fingerprint density at radius 1 is 1.19 bits per heavy atom. The maximum atomic E-state index is 5.31. The Labute approximate surface area is 134 Å². The maximum Gasteiger partial charge on any atom is 0.133 e. The predicted molar refractivity (Wildman–Crippen MR) is 90.1 cm³/mol. The highest BCUT2D eigenvalue weighted by Crippen LogP contribution is 2.35. The van der Waals surface area contributed by atoms with Crippen LogP contribution in [0.25, 0.3) is 0 Å². The first-order valence-electron chi connectivity index (χ1n) is 7.23. The quantitative estimate of drug-likeness (QED) is 0.908. The van der Waals surface area contributed by atoms with Gasteiger partial charge in [-0.3, -0.25) is 0 Å². The summed E-state index contributed by atoms with van der Waals surface area (Å²) in [7, 11) is 1.70. The SMILES string of the molecule is COc1ccc(CC2(c3cccc(C)c3)CNC2)cc1Br. The van der Waals surface area contributed by atoms with Gasteiger partial charge in [-0.25, -0.2) is 0 Å². The number of hydrogen-bond acceptors (Lipinski definition) is 2. The molecule has 0 bridgehead atoms. The highest BCUT2D eigenvalue weighted by atomic mass is 79.9. The average Bonchev–Trinajstić information content (AvgIpc) is 2.43. The van der Waals surface area contributed by atoms with Crippen LogP contribution >= 0.6 is 15.9 Å². The van der Waals surface area contributed by atoms with E-state index in [1.807, 2.05) is 6.07 Å². The average molecular weight is 346 g/mol. The van der Waals surface area contributed by atoms with Crippen molar-refractivity contribution in [2.75, 3.05) is 20.2 Å². The van der Waals surface area contributed by atoms with Crippen molar-refractivity contribution in [3.8, 4) is 5.75 Å². The minimum Gasteiger partial charge on any atom is -0.496 e. The Hall–Kier alpha value is -1.32. The highest BCUT2D eigenvalue weighted by Gasteiger charge is 2.38. The van der Waals surface area contributed by atoms with Crippen molar-refractivity contribution in [1.29, 1.82) is 0 Å². The van der Waals surface area contributed by atoms with E-state index >= 15 is 0 Å². The van der Waals surface area contributed by atoms with Crippen molar-refractivity contribution in [3.05, 3.63) is 63.6 Å². The first-order chi connectivity index (χ1) is 10.1. The van der Waals surface area contributed by atoms with Gasteiger partial charge >= 0.3 is 0 Å². The summed E-state index contributed by atoms with van der Waals surface area (Å²) in [6.07, 6.45) is 1.05. The number of hydrogen-bond donors (Lipinski definition) is 1. The lowest BCUT2D eigenvalue weighted by Crippen LogP contribution is -2.58. The van der Waals surface area contributed by atoms with Gasteiger partial charge in [0.15, 0.2) is 0 Å². The van der Waals surface area contributed by atoms with Crippen LogP contribution in [0.4, 0.5) is 0 Å². The van der Waals surface area contributed by atoms with Gasteiger partial charge in [0.2, 0.25) is 0 Å². The van der Waals surface area contributed by atoms with E-state index in [-0.39, 0.29) is 5.41 Å². The number of nitrogens with one attached hydrogen (secondary N) is 1. The van der Waals surface area contributed by atoms with Crippen LogP contribution in [0.1, 0.15) is 16.7 Å². The largest absolute Gasteiger partial charge is 0.496 e. The molecule has 1 N–H and O–H groups in total. The first kappa shape index (κ1) is 14.6. The lowest BCUT2D eigenvalue weighted by Gasteiger charge is -2.43. The van der Waals surface area contributed by atoms with Crippen molar-refractivity contribution in [2.24, 2.45) is 0 Å². The molecule has 110 valence electrons. The second-order valence-corrected chi connectivity index (χ2v) is 6.75. The number of halogens is 1. The van der Waals surface area contributed by atoms with E-state index in [0.717, 1.165) is 29.7 Å². The van der Waals surface area contributed by atoms with Crippen LogP contribution in [0.2, 0.25) is 0 Å². The monoisotopic (exact) mass is 345 g/mol. The van der Waals surface area contributed by atoms with E-state index in [4.69, 9.17) is 4.74 Å². The van der Waals surface area contributed by atoms with Crippen LogP contribution in [-0.4, -0.2) is 20.2 Å². The lowest BCUT2D eigenvalue weighted by molar-refractivity contribution is 0.274. The molecule has 0 saturated carbocycles. The smallest absolute Gasteiger partial charge is 0.133 e. The van der Waals surface area contributed by atoms with Gasteiger partial charge in [0.25, 0.3) is 0 Å². The summed E-state index contributed by atoms with van der Waals surface area (Å²) in [5, 5.41) is 3.44. The van der Waals surface area contributed by atoms with Crippen LogP contribution in [0.15, 0.2) is 46.9 Å². The molecular weight excluding hydrogens is 326 g/mol. The summed E-state index contributed by atoms with van der Waals surface area (Å²) in [6, 6.07) is 15.3. The third-order valence-corrected chi connectivity index (χ3v) is 4.94. The molecule has 1 fully saturated rings. The molecule has 1 aliphatic rings. The molecule has 1 aliphatic heterocycles. The number of methoxy groups -OCH3 is 1. The molecule has 0 radical (unpaired) electrons. The van der Waals surface area contributed by atoms with E-state index in [1.165, 1.54) is 16.7 Å². The zero-order valence-electron chi connectivity index (χ0n) is 12.4. The molecule has 0 aliphatic carbocycles. The van der Waals surface area contributed by atoms with Gasteiger partial charge in [-0.1, -0.05) is 35.9 Å². The molecule has 2 nitrogen and oxygen atoms in total. The zero-order valence-corrected chi connectivity index (χ0v) is 14.0. The number of rotatable bonds is 4. The molecule has 0 amide bonds. The summed E-state index contributed by atoms with van der Waals surface area (Å²) in [6.45, 7) is 4.24. The Morgan fingerprint density at radius 2 is 2.00 bits per heavy atom. The summed E-state index contributed by atoms with van der Waals surface area (Å²) in [5.74, 6) is 0.884. The molecule has 2 aromatic carbocycles. The molecule has 0 aromatic heterocycles. The minimum absolute atomic E-state index is 0.222. The second-order valence-electron chi connectivity index (χ2n) is 5.90. The van der Waals surface area contributed by atoms with Crippen molar-refractivity contribution in [3.63, 3.8) is 0 Å². The Bertz CT molecular complexity index is 649. The van der Waals surface area contributed by atoms with Crippen molar-refractivity contribution < 1.29 is 4.74 Å². The Morgan fingerprint density at radius 3 is 2.57 bits per heavy atom. The molecule has 2 aromatic rings. The van der Waals surface area contributed by atoms with Gasteiger partial charge in [0.1, 0.15) is 5.75 Å². The third-order valence-electron chi connectivity index (χ3n) is 4.32. The summed E-state index contributed by atoms with van der Waals surface area (Å²) < 4.78 is 6.33. The molecule has 3 rings (SSSR count). The van der Waals surface area contributed by atoms with E-state index in [0.29, 0.717) is 0 Å². The van der Waals surface area contributed by atoms with Crippen LogP contribution < -0.4 is 10.1 Å². The number of ether oxygens (including phenoxy) is 1. The van der Waals surface area contributed by atoms with Crippen molar-refractivity contribution in [1.82, 2.24) is 5.32 Å². The summed E-state index contributed by atoms with van der Waals surface area (Å²) in [5.41, 5.74) is 4.33. The van der Waals surface area contributed by atoms with Gasteiger partial charge in [0.05, 0.1) is 11.6 Å². The van der Waals surface area contributed by atoms with E-state index in [9.17, 15) is 0 Å². The van der Waals surface area contributed by atoms with Crippen molar-refractivity contribution in [2.45, 2.75) is 18.8 Å². The zero-order chi connectivity index (χ0) is 14.9. The molecule has 0 spiro atoms. The van der Waals surface area contributed by atoms with Gasteiger partial charge in [-0.2, -0.15) is 0 Å². The van der Waals surface area contributed by atoms with Crippen molar-refractivity contribution >= 4 is 15.9 Å². The van der Waals surface area contributed by atoms with Gasteiger partial charge in [-0.05, 0) is 52.5 Å². The third kappa shape index (κ3) is 2.85. The minimum atomic E-state index is 0.222. The van der Waals surface area contributed by atoms with Gasteiger partial charge in [0, 0.05) is 18.5 Å². The standard InChI is InChI=1S/C18H20BrNO/c1-13-4-3-5-15(8-13)18(11-20-12-18)10-14-6-7-17(21-2)16(19)9-14/h3-9,20H,10-12H2,1-2H3. The number of benzene rings is 2. The summed E-state index contributed by atoms with van der Waals surface area (Å²) in [4.78, 5) is 0. The maximum absolute atomic E-state index is 5.31. The topological polar surface area (TPSA) is 21.3 Å². The normalized spacial score (nSPS) is 16.3. The fourth-order valence-electron chi connectivity index (χ4n) is 3.04. The first-order valence-corrected chi connectivity index (χ1v) is 8.03. The second kappa shape index (κ2) is 5.82.